The maximum absolute atomic E-state index is 13.2. The number of hydrogen-bond acceptors (Lipinski definition) is 2. The fourth-order valence-electron chi connectivity index (χ4n) is 1.30. The lowest BCUT2D eigenvalue weighted by atomic mass is 10.1. The van der Waals surface area contributed by atoms with E-state index >= 15 is 0 Å². The van der Waals surface area contributed by atoms with Crippen molar-refractivity contribution in [1.82, 2.24) is 0 Å². The molecule has 19 heavy (non-hydrogen) atoms. The first-order chi connectivity index (χ1) is 8.77. The van der Waals surface area contributed by atoms with Gasteiger partial charge in [-0.2, -0.15) is 0 Å². The van der Waals surface area contributed by atoms with Crippen LogP contribution >= 0.6 is 0 Å². The molecule has 0 aliphatic heterocycles. The average molecular weight is 283 g/mol. The van der Waals surface area contributed by atoms with Crippen molar-refractivity contribution in [1.29, 1.82) is 0 Å². The van der Waals surface area contributed by atoms with Crippen LogP contribution in [0, 0.1) is 35.0 Å². The molecule has 0 saturated heterocycles. The maximum atomic E-state index is 13.2. The second-order valence-corrected chi connectivity index (χ2v) is 3.90. The quantitative estimate of drug-likeness (QED) is 0.496. The lowest BCUT2D eigenvalue weighted by Crippen LogP contribution is -2.16. The van der Waals surface area contributed by atoms with Crippen LogP contribution in [-0.4, -0.2) is 17.6 Å². The highest BCUT2D eigenvalue weighted by Gasteiger charge is 2.25. The molecule has 8 heteroatoms. The molecule has 1 rings (SSSR count). The molecule has 3 nitrogen and oxygen atoms in total. The Balaban J connectivity index is 2.88. The van der Waals surface area contributed by atoms with Crippen LogP contribution in [0.4, 0.5) is 27.6 Å². The summed E-state index contributed by atoms with van der Waals surface area (Å²) < 4.78 is 64.7. The van der Waals surface area contributed by atoms with Gasteiger partial charge < -0.3 is 10.4 Å². The van der Waals surface area contributed by atoms with Gasteiger partial charge in [0.05, 0.1) is 5.92 Å². The van der Waals surface area contributed by atoms with E-state index < -0.39 is 46.7 Å². The number of halogens is 5. The Morgan fingerprint density at radius 1 is 1.05 bits per heavy atom. The number of carboxylic acids is 1. The van der Waals surface area contributed by atoms with Gasteiger partial charge in [0.25, 0.3) is 0 Å². The summed E-state index contributed by atoms with van der Waals surface area (Å²) in [5.74, 6) is -12.2. The second kappa shape index (κ2) is 5.85. The van der Waals surface area contributed by atoms with E-state index in [1.54, 1.807) is 0 Å². The smallest absolute Gasteiger partial charge is 0.306 e. The Morgan fingerprint density at radius 3 is 1.89 bits per heavy atom. The molecule has 1 aromatic carbocycles. The molecule has 0 heterocycles. The Labute approximate surface area is 105 Å². The standard InChI is InChI=1S/C11H10F5NO2/c1-4(11(18)19)2-3-17-10-8(15)6(13)5(12)7(14)9(10)16/h4,17H,2-3H2,1H3,(H,18,19). The predicted molar refractivity (Wildman–Crippen MR) is 56.1 cm³/mol. The summed E-state index contributed by atoms with van der Waals surface area (Å²) in [6.07, 6.45) is -0.0329. The molecule has 0 saturated carbocycles. The first-order valence-electron chi connectivity index (χ1n) is 5.25. The summed E-state index contributed by atoms with van der Waals surface area (Å²) in [6, 6.07) is 0. The summed E-state index contributed by atoms with van der Waals surface area (Å²) in [7, 11) is 0. The number of carbonyl (C=O) groups is 1. The van der Waals surface area contributed by atoms with Crippen LogP contribution in [-0.2, 0) is 4.79 Å². The van der Waals surface area contributed by atoms with E-state index in [1.807, 2.05) is 5.32 Å². The van der Waals surface area contributed by atoms with Crippen LogP contribution in [0.3, 0.4) is 0 Å². The third-order valence-electron chi connectivity index (χ3n) is 2.51. The van der Waals surface area contributed by atoms with E-state index in [0.717, 1.165) is 0 Å². The maximum Gasteiger partial charge on any atom is 0.306 e. The molecule has 1 unspecified atom stereocenters. The SMILES string of the molecule is CC(CCNc1c(F)c(F)c(F)c(F)c1F)C(=O)O. The number of hydrogen-bond donors (Lipinski definition) is 2. The number of carboxylic acid groups (broad SMARTS) is 1. The van der Waals surface area contributed by atoms with Crippen LogP contribution in [0.2, 0.25) is 0 Å². The van der Waals surface area contributed by atoms with Gasteiger partial charge in [0.2, 0.25) is 5.82 Å². The molecule has 106 valence electrons. The first kappa shape index (κ1) is 15.2. The lowest BCUT2D eigenvalue weighted by Gasteiger charge is -2.12. The van der Waals surface area contributed by atoms with Gasteiger partial charge in [-0.05, 0) is 6.42 Å². The molecule has 1 atom stereocenters. The van der Waals surface area contributed by atoms with Gasteiger partial charge in [-0.1, -0.05) is 6.92 Å². The highest BCUT2D eigenvalue weighted by molar-refractivity contribution is 5.69. The van der Waals surface area contributed by atoms with Crippen molar-refractivity contribution in [2.75, 3.05) is 11.9 Å². The van der Waals surface area contributed by atoms with Crippen molar-refractivity contribution in [3.05, 3.63) is 29.1 Å². The molecule has 0 aliphatic carbocycles. The van der Waals surface area contributed by atoms with E-state index in [-0.39, 0.29) is 13.0 Å². The van der Waals surface area contributed by atoms with Crippen LogP contribution in [0.15, 0.2) is 0 Å². The van der Waals surface area contributed by atoms with Crippen molar-refractivity contribution in [2.24, 2.45) is 5.92 Å². The summed E-state index contributed by atoms with van der Waals surface area (Å²) >= 11 is 0. The Hall–Kier alpha value is -1.86. The van der Waals surface area contributed by atoms with Crippen LogP contribution in [0.5, 0.6) is 0 Å². The molecule has 0 amide bonds. The van der Waals surface area contributed by atoms with Crippen molar-refractivity contribution in [3.8, 4) is 0 Å². The largest absolute Gasteiger partial charge is 0.481 e. The zero-order chi connectivity index (χ0) is 14.7. The molecule has 0 aliphatic rings. The van der Waals surface area contributed by atoms with E-state index in [4.69, 9.17) is 5.11 Å². The number of rotatable bonds is 5. The highest BCUT2D eigenvalue weighted by Crippen LogP contribution is 2.27. The minimum Gasteiger partial charge on any atom is -0.481 e. The predicted octanol–water partition coefficient (Wildman–Crippen LogP) is 2.90. The van der Waals surface area contributed by atoms with Crippen LogP contribution < -0.4 is 5.32 Å². The number of aliphatic carboxylic acids is 1. The van der Waals surface area contributed by atoms with Gasteiger partial charge in [-0.3, -0.25) is 4.79 Å². The molecule has 1 aromatic rings. The van der Waals surface area contributed by atoms with Gasteiger partial charge in [-0.25, -0.2) is 22.0 Å². The topological polar surface area (TPSA) is 49.3 Å². The molecule has 2 N–H and O–H groups in total. The zero-order valence-electron chi connectivity index (χ0n) is 9.74. The molecule has 0 radical (unpaired) electrons. The molecular weight excluding hydrogens is 273 g/mol. The molecule has 0 bridgehead atoms. The normalized spacial score (nSPS) is 12.3. The Kier molecular flexibility index (Phi) is 4.68. The van der Waals surface area contributed by atoms with Crippen LogP contribution in [0.25, 0.3) is 0 Å². The second-order valence-electron chi connectivity index (χ2n) is 3.90. The molecule has 0 aromatic heterocycles. The summed E-state index contributed by atoms with van der Waals surface area (Å²) in [6.45, 7) is 1.11. The fraction of sp³-hybridized carbons (Fsp3) is 0.364. The van der Waals surface area contributed by atoms with Crippen LogP contribution in [0.1, 0.15) is 13.3 Å². The Morgan fingerprint density at radius 2 is 1.47 bits per heavy atom. The molecule has 0 spiro atoms. The highest BCUT2D eigenvalue weighted by atomic mass is 19.2. The fourth-order valence-corrected chi connectivity index (χ4v) is 1.30. The number of nitrogens with one attached hydrogen (secondary N) is 1. The summed E-state index contributed by atoms with van der Waals surface area (Å²) in [4.78, 5) is 10.5. The average Bonchev–Trinajstić information content (AvgIpc) is 2.37. The summed E-state index contributed by atoms with van der Waals surface area (Å²) in [5.41, 5.74) is -1.16. The first-order valence-corrected chi connectivity index (χ1v) is 5.25. The van der Waals surface area contributed by atoms with E-state index in [9.17, 15) is 26.7 Å². The number of benzene rings is 1. The molecular formula is C11H10F5NO2. The van der Waals surface area contributed by atoms with Gasteiger partial charge in [0.15, 0.2) is 23.3 Å². The van der Waals surface area contributed by atoms with Gasteiger partial charge in [0, 0.05) is 6.54 Å². The van der Waals surface area contributed by atoms with E-state index in [1.165, 1.54) is 6.92 Å². The minimum atomic E-state index is -2.24. The van der Waals surface area contributed by atoms with Gasteiger partial charge in [0.1, 0.15) is 5.69 Å². The van der Waals surface area contributed by atoms with Crippen molar-refractivity contribution in [3.63, 3.8) is 0 Å². The Bertz CT molecular complexity index is 477. The van der Waals surface area contributed by atoms with Crippen molar-refractivity contribution < 1.29 is 31.9 Å². The van der Waals surface area contributed by atoms with Gasteiger partial charge in [-0.15, -0.1) is 0 Å². The monoisotopic (exact) mass is 283 g/mol. The van der Waals surface area contributed by atoms with Crippen molar-refractivity contribution >= 4 is 11.7 Å². The summed E-state index contributed by atoms with van der Waals surface area (Å²) in [5, 5.41) is 10.6. The van der Waals surface area contributed by atoms with E-state index in [2.05, 4.69) is 0 Å². The molecule has 0 fully saturated rings. The lowest BCUT2D eigenvalue weighted by molar-refractivity contribution is -0.141. The zero-order valence-corrected chi connectivity index (χ0v) is 9.74. The van der Waals surface area contributed by atoms with Gasteiger partial charge >= 0.3 is 5.97 Å². The van der Waals surface area contributed by atoms with Crippen molar-refractivity contribution in [2.45, 2.75) is 13.3 Å². The number of anilines is 1. The van der Waals surface area contributed by atoms with E-state index in [0.29, 0.717) is 0 Å². The minimum absolute atomic E-state index is 0.0329. The third kappa shape index (κ3) is 3.12. The third-order valence-corrected chi connectivity index (χ3v) is 2.51.